The third-order valence-corrected chi connectivity index (χ3v) is 5.97. The highest BCUT2D eigenvalue weighted by Gasteiger charge is 2.38. The van der Waals surface area contributed by atoms with Gasteiger partial charge in [0.25, 0.3) is 5.91 Å². The van der Waals surface area contributed by atoms with Gasteiger partial charge in [-0.3, -0.25) is 9.69 Å². The second-order valence-electron chi connectivity index (χ2n) is 7.77. The summed E-state index contributed by atoms with van der Waals surface area (Å²) in [5, 5.41) is 2.96. The quantitative estimate of drug-likeness (QED) is 0.675. The lowest BCUT2D eigenvalue weighted by Gasteiger charge is -2.48. The highest BCUT2D eigenvalue weighted by atomic mass is 16.5. The number of carbonyl (C=O) groups is 3. The Morgan fingerprint density at radius 2 is 1.67 bits per heavy atom. The van der Waals surface area contributed by atoms with Gasteiger partial charge in [-0.25, -0.2) is 9.59 Å². The standard InChI is InChI=1S/C22H30N2O6/c1-28-20(26)17-7-3-4-8-18(17)21(27)30-15-19(25)23-16-22(9-5-2-6-10-22)24-11-13-29-14-12-24/h3-4,7-8H,2,5-6,9-16H2,1H3,(H,23,25). The van der Waals surface area contributed by atoms with Crippen molar-refractivity contribution in [1.82, 2.24) is 10.2 Å². The van der Waals surface area contributed by atoms with Crippen LogP contribution in [0.5, 0.6) is 0 Å². The van der Waals surface area contributed by atoms with Crippen molar-refractivity contribution in [3.63, 3.8) is 0 Å². The topological polar surface area (TPSA) is 94.2 Å². The molecule has 1 aliphatic carbocycles. The molecular weight excluding hydrogens is 388 g/mol. The molecule has 30 heavy (non-hydrogen) atoms. The molecule has 8 nitrogen and oxygen atoms in total. The normalized spacial score (nSPS) is 19.0. The Morgan fingerprint density at radius 3 is 2.30 bits per heavy atom. The van der Waals surface area contributed by atoms with Crippen LogP contribution in [0.15, 0.2) is 24.3 Å². The lowest BCUT2D eigenvalue weighted by atomic mass is 9.79. The molecule has 1 heterocycles. The van der Waals surface area contributed by atoms with E-state index in [0.29, 0.717) is 19.8 Å². The Labute approximate surface area is 176 Å². The summed E-state index contributed by atoms with van der Waals surface area (Å²) in [6, 6.07) is 6.21. The molecule has 0 spiro atoms. The lowest BCUT2D eigenvalue weighted by molar-refractivity contribution is -0.125. The summed E-state index contributed by atoms with van der Waals surface area (Å²) in [7, 11) is 1.24. The van der Waals surface area contributed by atoms with Gasteiger partial charge in [-0.2, -0.15) is 0 Å². The summed E-state index contributed by atoms with van der Waals surface area (Å²) in [6.45, 7) is 3.31. The zero-order chi connectivity index (χ0) is 21.4. The number of methoxy groups -OCH3 is 1. The molecule has 0 unspecified atom stereocenters. The van der Waals surface area contributed by atoms with E-state index in [9.17, 15) is 14.4 Å². The maximum absolute atomic E-state index is 12.4. The van der Waals surface area contributed by atoms with Crippen molar-refractivity contribution < 1.29 is 28.6 Å². The molecule has 164 valence electrons. The Morgan fingerprint density at radius 1 is 1.03 bits per heavy atom. The van der Waals surface area contributed by atoms with Crippen LogP contribution in [0.4, 0.5) is 0 Å². The van der Waals surface area contributed by atoms with E-state index in [1.165, 1.54) is 25.7 Å². The van der Waals surface area contributed by atoms with Gasteiger partial charge in [-0.1, -0.05) is 31.4 Å². The van der Waals surface area contributed by atoms with Gasteiger partial charge < -0.3 is 19.5 Å². The fraction of sp³-hybridized carbons (Fsp3) is 0.591. The van der Waals surface area contributed by atoms with E-state index in [2.05, 4.69) is 15.0 Å². The van der Waals surface area contributed by atoms with Gasteiger partial charge in [-0.05, 0) is 25.0 Å². The van der Waals surface area contributed by atoms with E-state index in [1.54, 1.807) is 12.1 Å². The summed E-state index contributed by atoms with van der Waals surface area (Å²) in [5.41, 5.74) is 0.132. The van der Waals surface area contributed by atoms with Crippen molar-refractivity contribution in [3.8, 4) is 0 Å². The molecule has 2 aliphatic rings. The largest absolute Gasteiger partial charge is 0.465 e. The fourth-order valence-electron chi connectivity index (χ4n) is 4.32. The minimum absolute atomic E-state index is 0.0564. The SMILES string of the molecule is COC(=O)c1ccccc1C(=O)OCC(=O)NCC1(N2CCOCC2)CCCCC1. The van der Waals surface area contributed by atoms with E-state index >= 15 is 0 Å². The first-order valence-corrected chi connectivity index (χ1v) is 10.5. The van der Waals surface area contributed by atoms with Crippen LogP contribution in [0.3, 0.4) is 0 Å². The van der Waals surface area contributed by atoms with E-state index in [4.69, 9.17) is 9.47 Å². The summed E-state index contributed by atoms with van der Waals surface area (Å²) in [6.07, 6.45) is 5.59. The Hall–Kier alpha value is -2.45. The Balaban J connectivity index is 1.55. The van der Waals surface area contributed by atoms with Crippen molar-refractivity contribution >= 4 is 17.8 Å². The molecule has 1 N–H and O–H groups in total. The molecule has 3 rings (SSSR count). The number of hydrogen-bond acceptors (Lipinski definition) is 7. The first kappa shape index (κ1) is 22.2. The third kappa shape index (κ3) is 5.37. The van der Waals surface area contributed by atoms with Crippen LogP contribution in [0.25, 0.3) is 0 Å². The van der Waals surface area contributed by atoms with E-state index in [1.807, 2.05) is 0 Å². The van der Waals surface area contributed by atoms with Crippen LogP contribution in [-0.2, 0) is 19.0 Å². The number of carbonyl (C=O) groups excluding carboxylic acids is 3. The number of ether oxygens (including phenoxy) is 3. The van der Waals surface area contributed by atoms with Gasteiger partial charge in [0, 0.05) is 25.2 Å². The minimum atomic E-state index is -0.730. The molecule has 8 heteroatoms. The van der Waals surface area contributed by atoms with Crippen molar-refractivity contribution in [1.29, 1.82) is 0 Å². The first-order chi connectivity index (χ1) is 14.6. The molecule has 1 amide bonds. The van der Waals surface area contributed by atoms with Crippen LogP contribution in [0, 0.1) is 0 Å². The highest BCUT2D eigenvalue weighted by molar-refractivity contribution is 6.03. The molecular formula is C22H30N2O6. The molecule has 1 saturated heterocycles. The van der Waals surface area contributed by atoms with E-state index in [0.717, 1.165) is 38.8 Å². The van der Waals surface area contributed by atoms with Gasteiger partial charge >= 0.3 is 11.9 Å². The molecule has 0 atom stereocenters. The van der Waals surface area contributed by atoms with Crippen LogP contribution in [0.1, 0.15) is 52.8 Å². The first-order valence-electron chi connectivity index (χ1n) is 10.5. The van der Waals surface area contributed by atoms with Gasteiger partial charge in [-0.15, -0.1) is 0 Å². The smallest absolute Gasteiger partial charge is 0.339 e. The Bertz CT molecular complexity index is 754. The predicted molar refractivity (Wildman–Crippen MR) is 109 cm³/mol. The predicted octanol–water partition coefficient (Wildman–Crippen LogP) is 1.78. The monoisotopic (exact) mass is 418 g/mol. The number of morpholine rings is 1. The van der Waals surface area contributed by atoms with E-state index < -0.39 is 18.5 Å². The number of rotatable bonds is 7. The molecule has 1 aromatic carbocycles. The molecule has 2 fully saturated rings. The molecule has 1 saturated carbocycles. The summed E-state index contributed by atoms with van der Waals surface area (Å²) in [5.74, 6) is -1.71. The maximum Gasteiger partial charge on any atom is 0.339 e. The number of benzene rings is 1. The highest BCUT2D eigenvalue weighted by Crippen LogP contribution is 2.33. The summed E-state index contributed by atoms with van der Waals surface area (Å²) in [4.78, 5) is 39.0. The maximum atomic E-state index is 12.4. The average Bonchev–Trinajstić information content (AvgIpc) is 2.81. The lowest BCUT2D eigenvalue weighted by Crippen LogP contribution is -2.59. The van der Waals surface area contributed by atoms with Crippen LogP contribution in [0.2, 0.25) is 0 Å². The van der Waals surface area contributed by atoms with Crippen molar-refractivity contribution in [3.05, 3.63) is 35.4 Å². The third-order valence-electron chi connectivity index (χ3n) is 5.97. The number of hydrogen-bond donors (Lipinski definition) is 1. The molecule has 0 aromatic heterocycles. The van der Waals surface area contributed by atoms with Crippen LogP contribution >= 0.6 is 0 Å². The molecule has 1 aromatic rings. The number of amides is 1. The summed E-state index contributed by atoms with van der Waals surface area (Å²) < 4.78 is 15.3. The van der Waals surface area contributed by atoms with Gasteiger partial charge in [0.1, 0.15) is 0 Å². The average molecular weight is 418 g/mol. The fourth-order valence-corrected chi connectivity index (χ4v) is 4.32. The van der Waals surface area contributed by atoms with Crippen molar-refractivity contribution in [2.75, 3.05) is 46.6 Å². The van der Waals surface area contributed by atoms with Gasteiger partial charge in [0.15, 0.2) is 6.61 Å². The number of esters is 2. The second-order valence-corrected chi connectivity index (χ2v) is 7.77. The number of nitrogens with one attached hydrogen (secondary N) is 1. The van der Waals surface area contributed by atoms with Gasteiger partial charge in [0.05, 0.1) is 31.5 Å². The molecule has 1 aliphatic heterocycles. The van der Waals surface area contributed by atoms with Crippen LogP contribution < -0.4 is 5.32 Å². The van der Waals surface area contributed by atoms with Crippen molar-refractivity contribution in [2.45, 2.75) is 37.6 Å². The van der Waals surface area contributed by atoms with Gasteiger partial charge in [0.2, 0.25) is 0 Å². The van der Waals surface area contributed by atoms with Crippen LogP contribution in [-0.4, -0.2) is 74.8 Å². The van der Waals surface area contributed by atoms with E-state index in [-0.39, 0.29) is 22.6 Å². The molecule has 0 bridgehead atoms. The molecule has 0 radical (unpaired) electrons. The Kier molecular flexibility index (Phi) is 7.81. The number of nitrogens with zero attached hydrogens (tertiary/aromatic N) is 1. The minimum Gasteiger partial charge on any atom is -0.465 e. The zero-order valence-corrected chi connectivity index (χ0v) is 17.5. The summed E-state index contributed by atoms with van der Waals surface area (Å²) >= 11 is 0. The second kappa shape index (κ2) is 10.5. The zero-order valence-electron chi connectivity index (χ0n) is 17.5. The van der Waals surface area contributed by atoms with Crippen molar-refractivity contribution in [2.24, 2.45) is 0 Å².